The van der Waals surface area contributed by atoms with Gasteiger partial charge in [-0.2, -0.15) is 4.31 Å². The van der Waals surface area contributed by atoms with Crippen LogP contribution in [-0.2, 0) is 10.0 Å². The summed E-state index contributed by atoms with van der Waals surface area (Å²) in [7, 11) is -3.60. The molecule has 20 heavy (non-hydrogen) atoms. The number of carboxylic acid groups (broad SMARTS) is 1. The first-order valence-electron chi connectivity index (χ1n) is 6.77. The van der Waals surface area contributed by atoms with Crippen LogP contribution in [0.5, 0.6) is 0 Å². The number of nitrogens with zero attached hydrogens (tertiary/aromatic N) is 1. The zero-order valence-electron chi connectivity index (χ0n) is 11.5. The third-order valence-corrected chi connectivity index (χ3v) is 5.74. The zero-order chi connectivity index (χ0) is 14.8. The number of benzene rings is 1. The van der Waals surface area contributed by atoms with Crippen LogP contribution in [0.1, 0.15) is 41.6 Å². The highest BCUT2D eigenvalue weighted by Crippen LogP contribution is 2.24. The Labute approximate surface area is 119 Å². The van der Waals surface area contributed by atoms with Crippen molar-refractivity contribution in [1.29, 1.82) is 0 Å². The molecule has 1 N–H and O–H groups in total. The lowest BCUT2D eigenvalue weighted by atomic mass is 10.1. The molecule has 0 radical (unpaired) electrons. The van der Waals surface area contributed by atoms with Gasteiger partial charge in [0.2, 0.25) is 10.0 Å². The van der Waals surface area contributed by atoms with Gasteiger partial charge in [-0.25, -0.2) is 13.2 Å². The average molecular weight is 297 g/mol. The largest absolute Gasteiger partial charge is 0.478 e. The van der Waals surface area contributed by atoms with Crippen molar-refractivity contribution < 1.29 is 18.3 Å². The van der Waals surface area contributed by atoms with Crippen molar-refractivity contribution in [2.24, 2.45) is 0 Å². The van der Waals surface area contributed by atoms with E-state index in [2.05, 4.69) is 0 Å². The maximum absolute atomic E-state index is 12.7. The van der Waals surface area contributed by atoms with Crippen LogP contribution in [0, 0.1) is 6.92 Å². The Morgan fingerprint density at radius 1 is 1.15 bits per heavy atom. The summed E-state index contributed by atoms with van der Waals surface area (Å²) >= 11 is 0. The SMILES string of the molecule is Cc1c(C(=O)O)cccc1S(=O)(=O)N1CCCCCC1. The minimum atomic E-state index is -3.60. The molecule has 5 nitrogen and oxygen atoms in total. The van der Waals surface area contributed by atoms with E-state index in [0.29, 0.717) is 18.7 Å². The summed E-state index contributed by atoms with van der Waals surface area (Å²) in [6, 6.07) is 4.41. The molecular formula is C14H19NO4S. The second-order valence-electron chi connectivity index (χ2n) is 5.05. The van der Waals surface area contributed by atoms with E-state index in [0.717, 1.165) is 25.7 Å². The molecule has 1 heterocycles. The molecule has 0 saturated carbocycles. The Balaban J connectivity index is 2.43. The molecule has 0 aromatic heterocycles. The van der Waals surface area contributed by atoms with Crippen LogP contribution in [-0.4, -0.2) is 36.9 Å². The number of hydrogen-bond acceptors (Lipinski definition) is 3. The fourth-order valence-corrected chi connectivity index (χ4v) is 4.31. The van der Waals surface area contributed by atoms with Gasteiger partial charge in [0.25, 0.3) is 0 Å². The van der Waals surface area contributed by atoms with Gasteiger partial charge in [0.15, 0.2) is 0 Å². The summed E-state index contributed by atoms with van der Waals surface area (Å²) in [5.74, 6) is -1.10. The monoisotopic (exact) mass is 297 g/mol. The van der Waals surface area contributed by atoms with E-state index in [1.54, 1.807) is 6.92 Å². The molecule has 0 spiro atoms. The number of aromatic carboxylic acids is 1. The van der Waals surface area contributed by atoms with E-state index in [1.165, 1.54) is 22.5 Å². The van der Waals surface area contributed by atoms with E-state index in [9.17, 15) is 13.2 Å². The average Bonchev–Trinajstić information content (AvgIpc) is 2.67. The first-order valence-corrected chi connectivity index (χ1v) is 8.21. The Bertz CT molecular complexity index is 602. The fourth-order valence-electron chi connectivity index (χ4n) is 2.55. The molecule has 0 atom stereocenters. The fraction of sp³-hybridized carbons (Fsp3) is 0.500. The highest BCUT2D eigenvalue weighted by atomic mass is 32.2. The Morgan fingerprint density at radius 2 is 1.75 bits per heavy atom. The number of carbonyl (C=O) groups is 1. The summed E-state index contributed by atoms with van der Waals surface area (Å²) < 4.78 is 26.8. The molecule has 1 saturated heterocycles. The van der Waals surface area contributed by atoms with E-state index in [-0.39, 0.29) is 10.5 Å². The molecule has 1 aliphatic rings. The number of carboxylic acids is 1. The molecule has 0 unspecified atom stereocenters. The van der Waals surface area contributed by atoms with Gasteiger partial charge in [0, 0.05) is 13.1 Å². The van der Waals surface area contributed by atoms with Crippen molar-refractivity contribution in [2.45, 2.75) is 37.5 Å². The Kier molecular flexibility index (Phi) is 4.45. The summed E-state index contributed by atoms with van der Waals surface area (Å²) in [5.41, 5.74) is 0.352. The van der Waals surface area contributed by atoms with Crippen molar-refractivity contribution in [2.75, 3.05) is 13.1 Å². The van der Waals surface area contributed by atoms with E-state index >= 15 is 0 Å². The van der Waals surface area contributed by atoms with Gasteiger partial charge < -0.3 is 5.11 Å². The highest BCUT2D eigenvalue weighted by molar-refractivity contribution is 7.89. The second-order valence-corrected chi connectivity index (χ2v) is 6.96. The minimum Gasteiger partial charge on any atom is -0.478 e. The van der Waals surface area contributed by atoms with Crippen molar-refractivity contribution >= 4 is 16.0 Å². The Hall–Kier alpha value is -1.40. The first kappa shape index (κ1) is 15.0. The normalized spacial score (nSPS) is 17.6. The molecule has 2 rings (SSSR count). The lowest BCUT2D eigenvalue weighted by molar-refractivity contribution is 0.0696. The highest BCUT2D eigenvalue weighted by Gasteiger charge is 2.28. The second kappa shape index (κ2) is 5.93. The zero-order valence-corrected chi connectivity index (χ0v) is 12.3. The molecule has 0 aliphatic carbocycles. The quantitative estimate of drug-likeness (QED) is 0.928. The standard InChI is InChI=1S/C14H19NO4S/c1-11-12(14(16)17)7-6-8-13(11)20(18,19)15-9-4-2-3-5-10-15/h6-8H,2-5,9-10H2,1H3,(H,16,17). The predicted octanol–water partition coefficient (Wildman–Crippen LogP) is 2.26. The van der Waals surface area contributed by atoms with Gasteiger partial charge in [0.1, 0.15) is 0 Å². The minimum absolute atomic E-state index is 0.0425. The van der Waals surface area contributed by atoms with Crippen molar-refractivity contribution in [3.63, 3.8) is 0 Å². The van der Waals surface area contributed by atoms with Crippen LogP contribution in [0.15, 0.2) is 23.1 Å². The number of hydrogen-bond donors (Lipinski definition) is 1. The van der Waals surface area contributed by atoms with E-state index < -0.39 is 16.0 Å². The molecule has 1 fully saturated rings. The first-order chi connectivity index (χ1) is 9.44. The molecule has 1 aliphatic heterocycles. The van der Waals surface area contributed by atoms with Gasteiger partial charge in [-0.1, -0.05) is 18.9 Å². The lowest BCUT2D eigenvalue weighted by Crippen LogP contribution is -2.32. The Morgan fingerprint density at radius 3 is 2.30 bits per heavy atom. The van der Waals surface area contributed by atoms with Gasteiger partial charge in [0.05, 0.1) is 10.5 Å². The van der Waals surface area contributed by atoms with Gasteiger partial charge >= 0.3 is 5.97 Å². The number of rotatable bonds is 3. The van der Waals surface area contributed by atoms with Crippen molar-refractivity contribution in [3.8, 4) is 0 Å². The third kappa shape index (κ3) is 2.86. The molecular weight excluding hydrogens is 278 g/mol. The van der Waals surface area contributed by atoms with Gasteiger partial charge in [-0.3, -0.25) is 0 Å². The van der Waals surface area contributed by atoms with E-state index in [1.807, 2.05) is 0 Å². The molecule has 0 bridgehead atoms. The molecule has 1 aromatic carbocycles. The van der Waals surface area contributed by atoms with E-state index in [4.69, 9.17) is 5.11 Å². The number of sulfonamides is 1. The lowest BCUT2D eigenvalue weighted by Gasteiger charge is -2.21. The van der Waals surface area contributed by atoms with Gasteiger partial charge in [-0.15, -0.1) is 0 Å². The van der Waals surface area contributed by atoms with Crippen molar-refractivity contribution in [3.05, 3.63) is 29.3 Å². The maximum atomic E-state index is 12.7. The smallest absolute Gasteiger partial charge is 0.335 e. The summed E-state index contributed by atoms with van der Waals surface area (Å²) in [6.07, 6.45) is 3.80. The maximum Gasteiger partial charge on any atom is 0.335 e. The van der Waals surface area contributed by atoms with Crippen LogP contribution >= 0.6 is 0 Å². The third-order valence-electron chi connectivity index (χ3n) is 3.70. The van der Waals surface area contributed by atoms with Crippen LogP contribution in [0.2, 0.25) is 0 Å². The summed E-state index contributed by atoms with van der Waals surface area (Å²) in [5, 5.41) is 9.10. The molecule has 6 heteroatoms. The molecule has 1 aromatic rings. The summed E-state index contributed by atoms with van der Waals surface area (Å²) in [6.45, 7) is 2.58. The van der Waals surface area contributed by atoms with Crippen LogP contribution in [0.25, 0.3) is 0 Å². The van der Waals surface area contributed by atoms with Crippen LogP contribution in [0.4, 0.5) is 0 Å². The predicted molar refractivity (Wildman–Crippen MR) is 75.4 cm³/mol. The topological polar surface area (TPSA) is 74.7 Å². The van der Waals surface area contributed by atoms with Crippen molar-refractivity contribution in [1.82, 2.24) is 4.31 Å². The molecule has 0 amide bonds. The van der Waals surface area contributed by atoms with Gasteiger partial charge in [-0.05, 0) is 37.5 Å². The van der Waals surface area contributed by atoms with Crippen LogP contribution < -0.4 is 0 Å². The molecule has 110 valence electrons. The van der Waals surface area contributed by atoms with Crippen LogP contribution in [0.3, 0.4) is 0 Å². The summed E-state index contributed by atoms with van der Waals surface area (Å²) in [4.78, 5) is 11.2.